The Morgan fingerprint density at radius 2 is 1.81 bits per heavy atom. The summed E-state index contributed by atoms with van der Waals surface area (Å²) in [4.78, 5) is 41.3. The second-order valence-corrected chi connectivity index (χ2v) is 4.16. The highest BCUT2D eigenvalue weighted by atomic mass is 16.4. The van der Waals surface area contributed by atoms with Gasteiger partial charge in [-0.25, -0.2) is 4.79 Å². The van der Waals surface area contributed by atoms with E-state index in [0.29, 0.717) is 5.69 Å². The second-order valence-electron chi connectivity index (χ2n) is 4.16. The summed E-state index contributed by atoms with van der Waals surface area (Å²) in [5.41, 5.74) is -1.24. The largest absolute Gasteiger partial charge is 0.545 e. The first kappa shape index (κ1) is 14.3. The summed E-state index contributed by atoms with van der Waals surface area (Å²) in [5.74, 6) is -1.90. The molecular weight excluding hydrogens is 278 g/mol. The average Bonchev–Trinajstić information content (AvgIpc) is 2.37. The molecule has 108 valence electrons. The van der Waals surface area contributed by atoms with Crippen molar-refractivity contribution >= 4 is 17.4 Å². The molecule has 0 radical (unpaired) electrons. The average molecular weight is 288 g/mol. The van der Waals surface area contributed by atoms with Crippen molar-refractivity contribution < 1.29 is 15.0 Å². The third-order valence-corrected chi connectivity index (χ3v) is 2.68. The fourth-order valence-corrected chi connectivity index (χ4v) is 1.73. The molecule has 2 rings (SSSR count). The van der Waals surface area contributed by atoms with Gasteiger partial charge in [0.05, 0.1) is 17.4 Å². The van der Waals surface area contributed by atoms with Gasteiger partial charge in [-0.1, -0.05) is 12.1 Å². The van der Waals surface area contributed by atoms with Crippen molar-refractivity contribution in [3.8, 4) is 5.88 Å². The number of nitrogens with one attached hydrogen (secondary N) is 2. The van der Waals surface area contributed by atoms with Gasteiger partial charge < -0.3 is 15.0 Å². The highest BCUT2D eigenvalue weighted by Gasteiger charge is 2.11. The minimum atomic E-state index is -1.31. The van der Waals surface area contributed by atoms with Crippen LogP contribution in [0.25, 0.3) is 0 Å². The summed E-state index contributed by atoms with van der Waals surface area (Å²) < 4.78 is 0. The van der Waals surface area contributed by atoms with E-state index in [2.05, 4.69) is 4.99 Å². The van der Waals surface area contributed by atoms with Gasteiger partial charge in [0.25, 0.3) is 5.56 Å². The van der Waals surface area contributed by atoms with Crippen molar-refractivity contribution in [2.75, 3.05) is 0 Å². The van der Waals surface area contributed by atoms with E-state index in [-0.39, 0.29) is 16.8 Å². The molecule has 0 atom stereocenters. The fourth-order valence-electron chi connectivity index (χ4n) is 1.73. The highest BCUT2D eigenvalue weighted by molar-refractivity contribution is 6.01. The smallest absolute Gasteiger partial charge is 0.328 e. The number of rotatable bonds is 3. The number of aromatic hydroxyl groups is 1. The number of hydrogen-bond acceptors (Lipinski definition) is 6. The Balaban J connectivity index is 2.44. The zero-order valence-electron chi connectivity index (χ0n) is 10.8. The number of aliphatic imine (C=N–C) groups is 1. The SMILES string of the molecule is CC(=Nc1ccc(C(=O)[O-])cc1)c1c(O)[nH]c(=O)[nH]c1=O. The fraction of sp³-hybridized carbons (Fsp3) is 0.0769. The molecule has 1 aromatic heterocycles. The van der Waals surface area contributed by atoms with E-state index in [1.54, 1.807) is 0 Å². The van der Waals surface area contributed by atoms with Gasteiger partial charge in [0.2, 0.25) is 5.88 Å². The van der Waals surface area contributed by atoms with Gasteiger partial charge in [0, 0.05) is 0 Å². The van der Waals surface area contributed by atoms with Crippen molar-refractivity contribution in [1.29, 1.82) is 0 Å². The topological polar surface area (TPSA) is 138 Å². The Kier molecular flexibility index (Phi) is 3.70. The van der Waals surface area contributed by atoms with E-state index in [0.717, 1.165) is 0 Å². The molecule has 0 saturated carbocycles. The van der Waals surface area contributed by atoms with E-state index in [4.69, 9.17) is 0 Å². The van der Waals surface area contributed by atoms with Crippen LogP contribution in [0.15, 0.2) is 38.8 Å². The summed E-state index contributed by atoms with van der Waals surface area (Å²) in [5, 5.41) is 20.2. The lowest BCUT2D eigenvalue weighted by Crippen LogP contribution is -2.27. The monoisotopic (exact) mass is 288 g/mol. The van der Waals surface area contributed by atoms with Crippen LogP contribution < -0.4 is 16.4 Å². The Hall–Kier alpha value is -3.16. The summed E-state index contributed by atoms with van der Waals surface area (Å²) in [6.45, 7) is 1.47. The number of benzene rings is 1. The number of carbonyl (C=O) groups is 1. The van der Waals surface area contributed by atoms with Crippen LogP contribution in [0.5, 0.6) is 5.88 Å². The van der Waals surface area contributed by atoms with Crippen LogP contribution in [0.1, 0.15) is 22.8 Å². The second kappa shape index (κ2) is 5.45. The molecule has 0 fully saturated rings. The van der Waals surface area contributed by atoms with Gasteiger partial charge in [0.1, 0.15) is 5.56 Å². The molecule has 2 aromatic rings. The van der Waals surface area contributed by atoms with Crippen LogP contribution in [-0.4, -0.2) is 26.8 Å². The molecule has 8 heteroatoms. The van der Waals surface area contributed by atoms with Crippen LogP contribution in [0.2, 0.25) is 0 Å². The molecule has 0 bridgehead atoms. The molecule has 0 aliphatic rings. The van der Waals surface area contributed by atoms with Crippen molar-refractivity contribution in [3.63, 3.8) is 0 Å². The Bertz CT molecular complexity index is 830. The summed E-state index contributed by atoms with van der Waals surface area (Å²) >= 11 is 0. The molecule has 21 heavy (non-hydrogen) atoms. The molecule has 0 saturated heterocycles. The van der Waals surface area contributed by atoms with E-state index in [1.807, 2.05) is 9.97 Å². The van der Waals surface area contributed by atoms with E-state index in [1.165, 1.54) is 31.2 Å². The van der Waals surface area contributed by atoms with Gasteiger partial charge in [-0.05, 0) is 24.6 Å². The quantitative estimate of drug-likeness (QED) is 0.639. The molecule has 1 aromatic carbocycles. The third-order valence-electron chi connectivity index (χ3n) is 2.68. The Labute approximate surface area is 117 Å². The van der Waals surface area contributed by atoms with Crippen LogP contribution in [0, 0.1) is 0 Å². The Morgan fingerprint density at radius 1 is 1.19 bits per heavy atom. The van der Waals surface area contributed by atoms with Crippen molar-refractivity contribution in [2.45, 2.75) is 6.92 Å². The summed E-state index contributed by atoms with van der Waals surface area (Å²) in [6.07, 6.45) is 0. The number of carbonyl (C=O) groups excluding carboxylic acids is 1. The van der Waals surface area contributed by atoms with Crippen molar-refractivity contribution in [1.82, 2.24) is 9.97 Å². The Morgan fingerprint density at radius 3 is 2.33 bits per heavy atom. The number of aromatic nitrogens is 2. The van der Waals surface area contributed by atoms with Gasteiger partial charge in [0.15, 0.2) is 0 Å². The highest BCUT2D eigenvalue weighted by Crippen LogP contribution is 2.16. The first-order chi connectivity index (χ1) is 9.88. The lowest BCUT2D eigenvalue weighted by Gasteiger charge is -2.04. The maximum absolute atomic E-state index is 11.6. The lowest BCUT2D eigenvalue weighted by molar-refractivity contribution is -0.255. The van der Waals surface area contributed by atoms with Gasteiger partial charge in [-0.15, -0.1) is 0 Å². The molecule has 0 unspecified atom stereocenters. The van der Waals surface area contributed by atoms with E-state index in [9.17, 15) is 24.6 Å². The molecule has 0 aliphatic heterocycles. The third kappa shape index (κ3) is 3.06. The number of carboxylic acids is 1. The van der Waals surface area contributed by atoms with E-state index >= 15 is 0 Å². The lowest BCUT2D eigenvalue weighted by atomic mass is 10.2. The molecule has 1 heterocycles. The zero-order valence-corrected chi connectivity index (χ0v) is 10.8. The first-order valence-corrected chi connectivity index (χ1v) is 5.81. The minimum absolute atomic E-state index is 0.00339. The number of H-pyrrole nitrogens is 2. The minimum Gasteiger partial charge on any atom is -0.545 e. The van der Waals surface area contributed by atoms with Gasteiger partial charge >= 0.3 is 5.69 Å². The normalized spacial score (nSPS) is 11.4. The predicted molar refractivity (Wildman–Crippen MR) is 72.0 cm³/mol. The summed E-state index contributed by atoms with van der Waals surface area (Å²) in [7, 11) is 0. The van der Waals surface area contributed by atoms with Crippen LogP contribution in [0.3, 0.4) is 0 Å². The van der Waals surface area contributed by atoms with Crippen LogP contribution in [-0.2, 0) is 0 Å². The first-order valence-electron chi connectivity index (χ1n) is 5.81. The summed E-state index contributed by atoms with van der Waals surface area (Å²) in [6, 6.07) is 5.45. The molecule has 0 amide bonds. The van der Waals surface area contributed by atoms with Crippen LogP contribution in [0.4, 0.5) is 5.69 Å². The number of carboxylic acid groups (broad SMARTS) is 1. The molecule has 8 nitrogen and oxygen atoms in total. The van der Waals surface area contributed by atoms with Crippen molar-refractivity contribution in [3.05, 3.63) is 56.2 Å². The van der Waals surface area contributed by atoms with Gasteiger partial charge in [-0.2, -0.15) is 0 Å². The standard InChI is InChI=1S/C13H11N3O5/c1-6(9-10(17)15-13(21)16-11(9)18)14-8-4-2-7(3-5-8)12(19)20/h2-5H,1H3,(H,19,20)(H3,15,16,17,18,21)/p-1. The number of aromatic amines is 2. The number of nitrogens with zero attached hydrogens (tertiary/aromatic N) is 1. The van der Waals surface area contributed by atoms with Crippen LogP contribution >= 0.6 is 0 Å². The van der Waals surface area contributed by atoms with Crippen molar-refractivity contribution in [2.24, 2.45) is 4.99 Å². The molecule has 0 aliphatic carbocycles. The maximum Gasteiger partial charge on any atom is 0.328 e. The molecule has 3 N–H and O–H groups in total. The zero-order chi connectivity index (χ0) is 15.6. The maximum atomic E-state index is 11.6. The number of hydrogen-bond donors (Lipinski definition) is 3. The number of aromatic carboxylic acids is 1. The molecule has 0 spiro atoms. The van der Waals surface area contributed by atoms with Gasteiger partial charge in [-0.3, -0.25) is 19.8 Å². The van der Waals surface area contributed by atoms with E-state index < -0.39 is 23.1 Å². The molecular formula is C13H10N3O5-. The predicted octanol–water partition coefficient (Wildman–Crippen LogP) is -0.727.